The predicted octanol–water partition coefficient (Wildman–Crippen LogP) is 3.09. The van der Waals surface area contributed by atoms with Gasteiger partial charge in [-0.1, -0.05) is 24.3 Å². The van der Waals surface area contributed by atoms with Gasteiger partial charge >= 0.3 is 59.9 Å². The normalized spacial score (nSPS) is 12.1. The summed E-state index contributed by atoms with van der Waals surface area (Å²) in [7, 11) is 0. The summed E-state index contributed by atoms with van der Waals surface area (Å²) in [4.78, 5) is 69.3. The first-order chi connectivity index (χ1) is 27.0. The Morgan fingerprint density at radius 3 is 1.21 bits per heavy atom. The summed E-state index contributed by atoms with van der Waals surface area (Å²) < 4.78 is 29.6. The van der Waals surface area contributed by atoms with E-state index in [1.165, 1.54) is 12.1 Å². The Kier molecular flexibility index (Phi) is 27.2. The summed E-state index contributed by atoms with van der Waals surface area (Å²) in [6, 6.07) is 11.5. The number of carbonyl (C=O) groups excluding carboxylic acids is 6. The van der Waals surface area contributed by atoms with Gasteiger partial charge in [-0.2, -0.15) is 0 Å². The Morgan fingerprint density at radius 2 is 0.902 bits per heavy atom. The number of nitrogens with two attached hydrogens (primary N) is 1. The second kappa shape index (κ2) is 27.4. The number of phenolic OH excluding ortho intramolecular Hbond substituents is 2. The van der Waals surface area contributed by atoms with Crippen LogP contribution in [0.4, 0.5) is 14.4 Å². The minimum Gasteiger partial charge on any atom is -0.662 e. The van der Waals surface area contributed by atoms with Crippen LogP contribution < -0.4 is 45.9 Å². The molecule has 0 aliphatic rings. The van der Waals surface area contributed by atoms with Crippen molar-refractivity contribution in [2.24, 2.45) is 5.73 Å². The minimum absolute atomic E-state index is 0. The Hall–Kier alpha value is -4.62. The number of alkyl carbamates (subject to hydrolysis) is 1. The number of ether oxygens (including phenoxy) is 6. The van der Waals surface area contributed by atoms with Crippen molar-refractivity contribution in [1.82, 2.24) is 5.32 Å². The maximum absolute atomic E-state index is 12.4. The van der Waals surface area contributed by atoms with E-state index < -0.39 is 70.4 Å². The molecule has 2 rings (SSSR count). The molecule has 0 aliphatic carbocycles. The third kappa shape index (κ3) is 36.9. The first kappa shape index (κ1) is 60.7. The fraction of sp³-hybridized carbons (Fsp3) is 0.571. The molecule has 2 aromatic rings. The van der Waals surface area contributed by atoms with Gasteiger partial charge in [0, 0.05) is 6.42 Å². The van der Waals surface area contributed by atoms with E-state index in [-0.39, 0.29) is 53.9 Å². The average molecular weight is 877 g/mol. The zero-order valence-electron chi connectivity index (χ0n) is 38.5. The molecule has 0 saturated carbocycles. The van der Waals surface area contributed by atoms with Gasteiger partial charge in [-0.05, 0) is 146 Å². The largest absolute Gasteiger partial charge is 1.00 e. The molecule has 19 heteroatoms. The molecule has 0 fully saturated rings. The quantitative estimate of drug-likeness (QED) is 0.0564. The van der Waals surface area contributed by atoms with Gasteiger partial charge in [0.15, 0.2) is 0 Å². The summed E-state index contributed by atoms with van der Waals surface area (Å²) in [5.41, 5.74) is 4.18. The number of rotatable bonds is 8. The molecule has 0 saturated heterocycles. The van der Waals surface area contributed by atoms with Crippen molar-refractivity contribution in [1.29, 1.82) is 0 Å². The van der Waals surface area contributed by atoms with Crippen LogP contribution >= 0.6 is 0 Å². The van der Waals surface area contributed by atoms with E-state index in [1.54, 1.807) is 140 Å². The van der Waals surface area contributed by atoms with E-state index >= 15 is 0 Å². The molecule has 0 heterocycles. The van der Waals surface area contributed by atoms with Crippen LogP contribution in [0.2, 0.25) is 0 Å². The molecule has 0 spiro atoms. The number of hydrogen-bond donors (Lipinski definition) is 4. The molecule has 5 N–H and O–H groups in total. The van der Waals surface area contributed by atoms with Crippen molar-refractivity contribution < 1.29 is 107 Å². The van der Waals surface area contributed by atoms with Gasteiger partial charge in [-0.25, -0.2) is 19.2 Å². The average Bonchev–Trinajstić information content (AvgIpc) is 3.03. The second-order valence-corrected chi connectivity index (χ2v) is 17.8. The van der Waals surface area contributed by atoms with Crippen molar-refractivity contribution in [3.63, 3.8) is 0 Å². The smallest absolute Gasteiger partial charge is 0.662 e. The van der Waals surface area contributed by atoms with Crippen molar-refractivity contribution >= 4 is 36.8 Å². The predicted molar refractivity (Wildman–Crippen MR) is 217 cm³/mol. The molecule has 0 aromatic heterocycles. The van der Waals surface area contributed by atoms with E-state index in [9.17, 15) is 29.1 Å². The molecule has 61 heavy (non-hydrogen) atoms. The van der Waals surface area contributed by atoms with E-state index in [0.717, 1.165) is 11.1 Å². The van der Waals surface area contributed by atoms with Gasteiger partial charge in [0.05, 0.1) is 0 Å². The van der Waals surface area contributed by atoms with Crippen molar-refractivity contribution in [2.75, 3.05) is 0 Å². The van der Waals surface area contributed by atoms with Gasteiger partial charge in [0.2, 0.25) is 0 Å². The van der Waals surface area contributed by atoms with Crippen LogP contribution in [0, 0.1) is 0 Å². The SMILES string of the molecule is CC(C)(C)OC(=O)N[C@@H](Cc1ccc(O)cc1)C(=O)OC(C)(C)C.CC(C)(C)OC(=O)OC(=O)OC(C)(C)C.CC(C)(C)OC(=O)[C@@H](N)Cc1ccc(O)cc1.O=CO[O-].[Na+]. The van der Waals surface area contributed by atoms with Crippen LogP contribution in [-0.4, -0.2) is 87.1 Å². The van der Waals surface area contributed by atoms with Gasteiger partial charge in [0.25, 0.3) is 6.47 Å². The Balaban J connectivity index is -0.000000807. The van der Waals surface area contributed by atoms with Gasteiger partial charge in [-0.3, -0.25) is 9.59 Å². The van der Waals surface area contributed by atoms with Crippen molar-refractivity contribution in [3.05, 3.63) is 59.7 Å². The Morgan fingerprint density at radius 1 is 0.590 bits per heavy atom. The molecular weight excluding hydrogens is 811 g/mol. The number of nitrogens with one attached hydrogen (secondary N) is 1. The van der Waals surface area contributed by atoms with Crippen LogP contribution in [0.25, 0.3) is 0 Å². The molecule has 340 valence electrons. The molecule has 1 amide bonds. The van der Waals surface area contributed by atoms with E-state index in [1.807, 2.05) is 0 Å². The van der Waals surface area contributed by atoms with Gasteiger partial charge in [0.1, 0.15) is 51.6 Å². The van der Waals surface area contributed by atoms with Crippen molar-refractivity contribution in [2.45, 2.75) is 157 Å². The summed E-state index contributed by atoms with van der Waals surface area (Å²) in [6.45, 7) is 25.8. The fourth-order valence-corrected chi connectivity index (χ4v) is 3.84. The van der Waals surface area contributed by atoms with Crippen LogP contribution in [0.15, 0.2) is 48.5 Å². The minimum atomic E-state index is -1.06. The van der Waals surface area contributed by atoms with Crippen LogP contribution in [0.3, 0.4) is 0 Å². The summed E-state index contributed by atoms with van der Waals surface area (Å²) in [6.07, 6.45) is -2.17. The second-order valence-electron chi connectivity index (χ2n) is 17.8. The third-order valence-corrected chi connectivity index (χ3v) is 5.84. The van der Waals surface area contributed by atoms with Gasteiger partial charge in [-0.15, -0.1) is 0 Å². The number of phenols is 2. The molecule has 0 aliphatic heterocycles. The fourth-order valence-electron chi connectivity index (χ4n) is 3.84. The van der Waals surface area contributed by atoms with Crippen molar-refractivity contribution in [3.8, 4) is 11.5 Å². The molecular formula is C42H65N2NaO16. The number of amides is 1. The van der Waals surface area contributed by atoms with Gasteiger partial charge < -0.3 is 59.8 Å². The number of benzene rings is 2. The summed E-state index contributed by atoms with van der Waals surface area (Å²) in [5.74, 6) is -0.626. The molecule has 18 nitrogen and oxygen atoms in total. The molecule has 2 aromatic carbocycles. The number of carbonyl (C=O) groups is 6. The standard InChI is InChI=1S/C18H27NO5.C13H19NO3.C10H18O5.CH2O3.Na/c1-17(2,3)23-15(21)14(19-16(22)24-18(4,5)6)11-12-7-9-13(20)10-8-12;1-13(2,3)17-12(16)11(14)8-9-4-6-10(15)7-5-9;1-9(2,3)14-7(11)13-8(12)15-10(4,5)6;2-1-4-3;/h7-10,14,20H,11H2,1-6H3,(H,19,22);4-7,11,15H,8,14H2,1-3H3;1-6H3;1,3H;/q;;;;+1/p-1/t14-;11-;;;/m00.../s1. The maximum atomic E-state index is 12.4. The zero-order valence-corrected chi connectivity index (χ0v) is 40.5. The van der Waals surface area contributed by atoms with E-state index in [4.69, 9.17) is 44.6 Å². The first-order valence-corrected chi connectivity index (χ1v) is 18.7. The molecule has 0 radical (unpaired) electrons. The number of esters is 2. The van der Waals surface area contributed by atoms with E-state index in [0.29, 0.717) is 6.42 Å². The Bertz CT molecular complexity index is 1610. The van der Waals surface area contributed by atoms with Crippen LogP contribution in [0.1, 0.15) is 115 Å². The number of hydrogen-bond acceptors (Lipinski definition) is 17. The zero-order chi connectivity index (χ0) is 47.3. The van der Waals surface area contributed by atoms with E-state index in [2.05, 4.69) is 14.9 Å². The molecule has 0 bridgehead atoms. The molecule has 0 unspecified atom stereocenters. The molecule has 2 atom stereocenters. The summed E-state index contributed by atoms with van der Waals surface area (Å²) in [5, 5.41) is 29.5. The Labute approximate surface area is 381 Å². The monoisotopic (exact) mass is 876 g/mol. The third-order valence-electron chi connectivity index (χ3n) is 5.84. The first-order valence-electron chi connectivity index (χ1n) is 18.7. The van der Waals surface area contributed by atoms with Crippen LogP contribution in [0.5, 0.6) is 11.5 Å². The summed E-state index contributed by atoms with van der Waals surface area (Å²) >= 11 is 0. The maximum Gasteiger partial charge on any atom is 1.00 e. The van der Waals surface area contributed by atoms with Crippen LogP contribution in [-0.2, 0) is 60.5 Å². The topological polar surface area (TPSA) is 269 Å². The number of aromatic hydroxyl groups is 2.